The summed E-state index contributed by atoms with van der Waals surface area (Å²) in [5.41, 5.74) is 3.26. The molecular weight excluding hydrogens is 528 g/mol. The van der Waals surface area contributed by atoms with Crippen LogP contribution in [-0.4, -0.2) is 67.4 Å². The lowest BCUT2D eigenvalue weighted by atomic mass is 10.1. The van der Waals surface area contributed by atoms with E-state index in [0.29, 0.717) is 28.4 Å². The molecule has 2 aliphatic heterocycles. The van der Waals surface area contributed by atoms with Gasteiger partial charge >= 0.3 is 0 Å². The molecule has 2 heterocycles. The minimum Gasteiger partial charge on any atom is -0.490 e. The predicted molar refractivity (Wildman–Crippen MR) is 155 cm³/mol. The highest BCUT2D eigenvalue weighted by molar-refractivity contribution is 6.30. The largest absolute Gasteiger partial charge is 0.490 e. The monoisotopic (exact) mass is 560 g/mol. The molecule has 40 heavy (non-hydrogen) atoms. The summed E-state index contributed by atoms with van der Waals surface area (Å²) in [6.45, 7) is 2.34. The van der Waals surface area contributed by atoms with Gasteiger partial charge in [-0.15, -0.1) is 0 Å². The molecular formula is C31H33ClN4O4. The zero-order chi connectivity index (χ0) is 28.2. The van der Waals surface area contributed by atoms with Gasteiger partial charge in [0.1, 0.15) is 18.4 Å². The highest BCUT2D eigenvalue weighted by atomic mass is 35.5. The van der Waals surface area contributed by atoms with Crippen molar-refractivity contribution in [3.63, 3.8) is 0 Å². The Labute approximate surface area is 239 Å². The Morgan fingerprint density at radius 3 is 2.30 bits per heavy atom. The maximum Gasteiger partial charge on any atom is 0.254 e. The molecule has 0 bridgehead atoms. The van der Waals surface area contributed by atoms with Crippen molar-refractivity contribution in [2.45, 2.75) is 32.0 Å². The summed E-state index contributed by atoms with van der Waals surface area (Å²) >= 11 is 6.01. The van der Waals surface area contributed by atoms with Crippen LogP contribution in [-0.2, 0) is 17.9 Å². The average Bonchev–Trinajstić information content (AvgIpc) is 3.10. The first-order valence-corrected chi connectivity index (χ1v) is 13.8. The fraction of sp³-hybridized carbons (Fsp3) is 0.323. The topological polar surface area (TPSA) is 82.2 Å². The molecule has 9 heteroatoms. The van der Waals surface area contributed by atoms with E-state index in [-0.39, 0.29) is 36.9 Å². The Morgan fingerprint density at radius 2 is 1.62 bits per heavy atom. The molecule has 3 aromatic rings. The van der Waals surface area contributed by atoms with Gasteiger partial charge in [0, 0.05) is 42.5 Å². The molecule has 5 rings (SSSR count). The zero-order valence-electron chi connectivity index (χ0n) is 22.7. The van der Waals surface area contributed by atoms with Crippen LogP contribution in [0.15, 0.2) is 66.7 Å². The van der Waals surface area contributed by atoms with Crippen LogP contribution in [0.5, 0.6) is 5.75 Å². The molecule has 0 aliphatic carbocycles. The third kappa shape index (κ3) is 6.29. The maximum absolute atomic E-state index is 13.7. The fourth-order valence-corrected chi connectivity index (χ4v) is 5.16. The van der Waals surface area contributed by atoms with Crippen molar-refractivity contribution < 1.29 is 19.1 Å². The summed E-state index contributed by atoms with van der Waals surface area (Å²) in [4.78, 5) is 44.6. The Kier molecular flexibility index (Phi) is 8.38. The van der Waals surface area contributed by atoms with Crippen LogP contribution < -0.4 is 15.0 Å². The number of fused-ring (bicyclic) bond motifs is 1. The van der Waals surface area contributed by atoms with Gasteiger partial charge in [0.15, 0.2) is 0 Å². The van der Waals surface area contributed by atoms with Crippen LogP contribution in [0.1, 0.15) is 44.7 Å². The van der Waals surface area contributed by atoms with Crippen LogP contribution in [0, 0.1) is 0 Å². The number of ether oxygens (including phenoxy) is 1. The van der Waals surface area contributed by atoms with Crippen LogP contribution >= 0.6 is 11.6 Å². The number of piperidine rings is 1. The molecule has 1 saturated heterocycles. The Bertz CT molecular complexity index is 1390. The number of rotatable bonds is 6. The molecule has 3 aromatic carbocycles. The van der Waals surface area contributed by atoms with Gasteiger partial charge in [-0.3, -0.25) is 14.4 Å². The van der Waals surface area contributed by atoms with E-state index in [0.717, 1.165) is 42.8 Å². The van der Waals surface area contributed by atoms with E-state index in [9.17, 15) is 14.4 Å². The first-order valence-electron chi connectivity index (χ1n) is 13.4. The molecule has 0 radical (unpaired) electrons. The van der Waals surface area contributed by atoms with Crippen molar-refractivity contribution in [3.05, 3.63) is 94.0 Å². The number of benzene rings is 3. The van der Waals surface area contributed by atoms with Gasteiger partial charge in [0.05, 0.1) is 6.54 Å². The van der Waals surface area contributed by atoms with Gasteiger partial charge in [-0.05, 0) is 85.6 Å². The third-order valence-electron chi connectivity index (χ3n) is 7.25. The summed E-state index contributed by atoms with van der Waals surface area (Å²) in [5, 5.41) is 3.87. The number of anilines is 1. The van der Waals surface area contributed by atoms with Crippen molar-refractivity contribution >= 4 is 35.0 Å². The summed E-state index contributed by atoms with van der Waals surface area (Å²) in [7, 11) is 3.38. The highest BCUT2D eigenvalue weighted by Crippen LogP contribution is 2.30. The molecule has 208 valence electrons. The molecule has 0 atom stereocenters. The van der Waals surface area contributed by atoms with Crippen LogP contribution in [0.4, 0.5) is 5.69 Å². The number of carbonyl (C=O) groups is 3. The van der Waals surface area contributed by atoms with Crippen LogP contribution in [0.3, 0.4) is 0 Å². The summed E-state index contributed by atoms with van der Waals surface area (Å²) < 4.78 is 6.14. The third-order valence-corrected chi connectivity index (χ3v) is 7.50. The number of amides is 3. The molecule has 0 unspecified atom stereocenters. The summed E-state index contributed by atoms with van der Waals surface area (Å²) in [6, 6.07) is 19.7. The lowest BCUT2D eigenvalue weighted by Gasteiger charge is -2.25. The SMILES string of the molecule is CN(C)C(=O)c1ccc2c(c1)N(Cc1ccc(OC3CCNCC3)cc1)C(=O)CN(C(=O)c1ccc(Cl)cc1)C2. The molecule has 3 amide bonds. The predicted octanol–water partition coefficient (Wildman–Crippen LogP) is 4.36. The van der Waals surface area contributed by atoms with Gasteiger partial charge in [0.2, 0.25) is 5.91 Å². The van der Waals surface area contributed by atoms with Gasteiger partial charge in [-0.25, -0.2) is 0 Å². The summed E-state index contributed by atoms with van der Waals surface area (Å²) in [6.07, 6.45) is 2.14. The quantitative estimate of drug-likeness (QED) is 0.484. The van der Waals surface area contributed by atoms with Crippen molar-refractivity contribution in [3.8, 4) is 5.75 Å². The molecule has 0 aromatic heterocycles. The first-order chi connectivity index (χ1) is 19.3. The van der Waals surface area contributed by atoms with Gasteiger partial charge in [-0.1, -0.05) is 29.8 Å². The molecule has 1 N–H and O–H groups in total. The van der Waals surface area contributed by atoms with Gasteiger partial charge in [0.25, 0.3) is 11.8 Å². The second kappa shape index (κ2) is 12.1. The van der Waals surface area contributed by atoms with E-state index in [2.05, 4.69) is 5.32 Å². The van der Waals surface area contributed by atoms with Crippen molar-refractivity contribution in [2.75, 3.05) is 38.6 Å². The fourth-order valence-electron chi connectivity index (χ4n) is 5.04. The second-order valence-corrected chi connectivity index (χ2v) is 10.8. The van der Waals surface area contributed by atoms with Gasteiger partial charge in [-0.2, -0.15) is 0 Å². The molecule has 2 aliphatic rings. The molecule has 8 nitrogen and oxygen atoms in total. The van der Waals surface area contributed by atoms with E-state index < -0.39 is 0 Å². The average molecular weight is 561 g/mol. The van der Waals surface area contributed by atoms with E-state index in [4.69, 9.17) is 16.3 Å². The Morgan fingerprint density at radius 1 is 0.950 bits per heavy atom. The van der Waals surface area contributed by atoms with E-state index >= 15 is 0 Å². The van der Waals surface area contributed by atoms with Crippen molar-refractivity contribution in [1.82, 2.24) is 15.1 Å². The normalized spacial score (nSPS) is 15.8. The molecule has 1 fully saturated rings. The van der Waals surface area contributed by atoms with Crippen LogP contribution in [0.2, 0.25) is 5.02 Å². The highest BCUT2D eigenvalue weighted by Gasteiger charge is 2.30. The van der Waals surface area contributed by atoms with E-state index in [1.807, 2.05) is 30.3 Å². The smallest absolute Gasteiger partial charge is 0.254 e. The standard InChI is InChI=1S/C31H33ClN4O4/c1-34(2)30(38)23-5-6-24-19-35(31(39)22-7-9-25(32)10-8-22)20-29(37)36(28(24)17-23)18-21-3-11-26(12-4-21)40-27-13-15-33-16-14-27/h3-12,17,27,33H,13-16,18-20H2,1-2H3. The van der Waals surface area contributed by atoms with Crippen molar-refractivity contribution in [1.29, 1.82) is 0 Å². The Balaban J connectivity index is 1.43. The zero-order valence-corrected chi connectivity index (χ0v) is 23.5. The summed E-state index contributed by atoms with van der Waals surface area (Å²) in [5.74, 6) is 0.154. The molecule has 0 saturated carbocycles. The van der Waals surface area contributed by atoms with Crippen molar-refractivity contribution in [2.24, 2.45) is 0 Å². The minimum absolute atomic E-state index is 0.0932. The lowest BCUT2D eigenvalue weighted by molar-refractivity contribution is -0.119. The number of halogens is 1. The minimum atomic E-state index is -0.259. The maximum atomic E-state index is 13.7. The number of hydrogen-bond donors (Lipinski definition) is 1. The number of hydrogen-bond acceptors (Lipinski definition) is 5. The Hall–Kier alpha value is -3.88. The second-order valence-electron chi connectivity index (χ2n) is 10.4. The van der Waals surface area contributed by atoms with Gasteiger partial charge < -0.3 is 24.8 Å². The van der Waals surface area contributed by atoms with E-state index in [1.165, 1.54) is 9.80 Å². The van der Waals surface area contributed by atoms with Crippen LogP contribution in [0.25, 0.3) is 0 Å². The molecule has 0 spiro atoms. The number of nitrogens with one attached hydrogen (secondary N) is 1. The lowest BCUT2D eigenvalue weighted by Crippen LogP contribution is -2.39. The number of carbonyl (C=O) groups excluding carboxylic acids is 3. The van der Waals surface area contributed by atoms with E-state index in [1.54, 1.807) is 55.4 Å². The first kappa shape index (κ1) is 27.7. The number of nitrogens with zero attached hydrogens (tertiary/aromatic N) is 3.